The minimum atomic E-state index is -0.421. The Morgan fingerprint density at radius 1 is 0.742 bits per heavy atom. The Bertz CT molecular complexity index is 660. The van der Waals surface area contributed by atoms with Crippen molar-refractivity contribution in [1.29, 1.82) is 0 Å². The fraction of sp³-hybridized carbons (Fsp3) is 0.810. The van der Waals surface area contributed by atoms with E-state index in [1.165, 1.54) is 0 Å². The van der Waals surface area contributed by atoms with E-state index in [1.807, 2.05) is 16.7 Å². The summed E-state index contributed by atoms with van der Waals surface area (Å²) in [5, 5.41) is 10.5. The van der Waals surface area contributed by atoms with E-state index in [0.29, 0.717) is 19.6 Å². The zero-order valence-corrected chi connectivity index (χ0v) is 18.5. The lowest BCUT2D eigenvalue weighted by atomic mass is 10.2. The Kier molecular flexibility index (Phi) is 8.65. The van der Waals surface area contributed by atoms with Gasteiger partial charge in [0.05, 0.1) is 13.1 Å². The predicted octanol–water partition coefficient (Wildman–Crippen LogP) is 0.529. The first-order valence-electron chi connectivity index (χ1n) is 11.6. The molecule has 1 aliphatic heterocycles. The van der Waals surface area contributed by atoms with Gasteiger partial charge in [-0.05, 0) is 32.6 Å². The van der Waals surface area contributed by atoms with Crippen molar-refractivity contribution in [2.45, 2.75) is 76.4 Å². The van der Waals surface area contributed by atoms with Gasteiger partial charge in [0.1, 0.15) is 0 Å². The summed E-state index contributed by atoms with van der Waals surface area (Å²) in [5.74, 6) is -0.644. The van der Waals surface area contributed by atoms with Gasteiger partial charge in [-0.1, -0.05) is 25.7 Å². The van der Waals surface area contributed by atoms with Gasteiger partial charge < -0.3 is 10.6 Å². The van der Waals surface area contributed by atoms with Gasteiger partial charge >= 0.3 is 12.1 Å². The molecule has 0 bridgehead atoms. The first-order chi connectivity index (χ1) is 14.9. The van der Waals surface area contributed by atoms with E-state index in [-0.39, 0.29) is 43.0 Å². The minimum Gasteiger partial charge on any atom is -0.335 e. The number of nitrogens with zero attached hydrogens (tertiary/aromatic N) is 2. The summed E-state index contributed by atoms with van der Waals surface area (Å²) in [6.45, 7) is 4.11. The van der Waals surface area contributed by atoms with Crippen LogP contribution < -0.4 is 21.3 Å². The van der Waals surface area contributed by atoms with Gasteiger partial charge in [0.25, 0.3) is 0 Å². The SMILES string of the molecule is CC1CN(CC(=O)NC(=O)NC2CCCC2)CCN1CC(=O)NC(=O)NC1CCCC1. The number of imide groups is 2. The fourth-order valence-corrected chi connectivity index (χ4v) is 4.75. The van der Waals surface area contributed by atoms with E-state index >= 15 is 0 Å². The fourth-order valence-electron chi connectivity index (χ4n) is 4.75. The van der Waals surface area contributed by atoms with Crippen LogP contribution in [0.5, 0.6) is 0 Å². The summed E-state index contributed by atoms with van der Waals surface area (Å²) in [6, 6.07) is -0.450. The standard InChI is InChI=1S/C21H36N6O4/c1-15-12-26(13-18(28)24-20(30)22-16-6-2-3-7-16)10-11-27(15)14-19(29)25-21(31)23-17-8-4-5-9-17/h15-17H,2-14H2,1H3,(H2,22,24,28,30)(H2,23,25,29,31). The molecule has 0 aromatic carbocycles. The summed E-state index contributed by atoms with van der Waals surface area (Å²) < 4.78 is 0. The first-order valence-corrected chi connectivity index (χ1v) is 11.6. The van der Waals surface area contributed by atoms with Gasteiger partial charge in [-0.3, -0.25) is 30.0 Å². The molecule has 10 heteroatoms. The van der Waals surface area contributed by atoms with Gasteiger partial charge in [0.15, 0.2) is 0 Å². The molecule has 1 unspecified atom stereocenters. The van der Waals surface area contributed by atoms with Crippen molar-refractivity contribution in [1.82, 2.24) is 31.1 Å². The molecule has 3 rings (SSSR count). The van der Waals surface area contributed by atoms with Crippen molar-refractivity contribution in [3.05, 3.63) is 0 Å². The number of carbonyl (C=O) groups is 4. The third-order valence-electron chi connectivity index (χ3n) is 6.45. The van der Waals surface area contributed by atoms with E-state index in [1.54, 1.807) is 0 Å². The highest BCUT2D eigenvalue weighted by molar-refractivity contribution is 5.96. The molecule has 4 N–H and O–H groups in total. The molecular weight excluding hydrogens is 400 g/mol. The molecule has 1 heterocycles. The van der Waals surface area contributed by atoms with Gasteiger partial charge in [0, 0.05) is 37.8 Å². The third-order valence-corrected chi connectivity index (χ3v) is 6.45. The highest BCUT2D eigenvalue weighted by Gasteiger charge is 2.28. The van der Waals surface area contributed by atoms with Crippen LogP contribution >= 0.6 is 0 Å². The van der Waals surface area contributed by atoms with Crippen molar-refractivity contribution in [3.63, 3.8) is 0 Å². The zero-order valence-electron chi connectivity index (χ0n) is 18.5. The highest BCUT2D eigenvalue weighted by Crippen LogP contribution is 2.18. The largest absolute Gasteiger partial charge is 0.335 e. The van der Waals surface area contributed by atoms with Crippen LogP contribution in [0.4, 0.5) is 9.59 Å². The Morgan fingerprint density at radius 2 is 1.23 bits per heavy atom. The summed E-state index contributed by atoms with van der Waals surface area (Å²) in [6.07, 6.45) is 8.34. The normalized spacial score (nSPS) is 23.5. The Morgan fingerprint density at radius 3 is 1.71 bits per heavy atom. The van der Waals surface area contributed by atoms with Crippen LogP contribution in [0.15, 0.2) is 0 Å². The molecule has 1 atom stereocenters. The summed E-state index contributed by atoms with van der Waals surface area (Å²) >= 11 is 0. The van der Waals surface area contributed by atoms with Crippen LogP contribution in [0.25, 0.3) is 0 Å². The average Bonchev–Trinajstić information content (AvgIpc) is 3.37. The van der Waals surface area contributed by atoms with Crippen LogP contribution in [0.2, 0.25) is 0 Å². The quantitative estimate of drug-likeness (QED) is 0.482. The number of hydrogen-bond donors (Lipinski definition) is 4. The Labute approximate surface area is 183 Å². The molecule has 174 valence electrons. The molecule has 2 aliphatic carbocycles. The molecule has 0 spiro atoms. The Hall–Kier alpha value is -2.20. The summed E-state index contributed by atoms with van der Waals surface area (Å²) in [5.41, 5.74) is 0. The van der Waals surface area contributed by atoms with Crippen molar-refractivity contribution in [2.24, 2.45) is 0 Å². The molecular formula is C21H36N6O4. The van der Waals surface area contributed by atoms with E-state index in [4.69, 9.17) is 0 Å². The van der Waals surface area contributed by atoms with Crippen LogP contribution in [-0.2, 0) is 9.59 Å². The molecule has 2 saturated carbocycles. The molecule has 31 heavy (non-hydrogen) atoms. The molecule has 3 fully saturated rings. The van der Waals surface area contributed by atoms with Gasteiger partial charge in [-0.2, -0.15) is 0 Å². The average molecular weight is 437 g/mol. The van der Waals surface area contributed by atoms with E-state index in [0.717, 1.165) is 51.4 Å². The van der Waals surface area contributed by atoms with Crippen LogP contribution in [-0.4, -0.2) is 84.5 Å². The lowest BCUT2D eigenvalue weighted by molar-refractivity contribution is -0.124. The van der Waals surface area contributed by atoms with E-state index in [2.05, 4.69) is 21.3 Å². The van der Waals surface area contributed by atoms with E-state index < -0.39 is 12.1 Å². The zero-order chi connectivity index (χ0) is 22.2. The lowest BCUT2D eigenvalue weighted by Crippen LogP contribution is -2.57. The number of urea groups is 2. The second kappa shape index (κ2) is 11.4. The van der Waals surface area contributed by atoms with Crippen molar-refractivity contribution < 1.29 is 19.2 Å². The maximum Gasteiger partial charge on any atom is 0.321 e. The van der Waals surface area contributed by atoms with Crippen molar-refractivity contribution in [2.75, 3.05) is 32.7 Å². The van der Waals surface area contributed by atoms with E-state index in [9.17, 15) is 19.2 Å². The van der Waals surface area contributed by atoms with Crippen LogP contribution in [0.1, 0.15) is 58.3 Å². The number of piperazine rings is 1. The maximum absolute atomic E-state index is 12.2. The molecule has 0 aromatic heterocycles. The van der Waals surface area contributed by atoms with Gasteiger partial charge in [0.2, 0.25) is 11.8 Å². The molecule has 1 saturated heterocycles. The Balaban J connectivity index is 1.32. The van der Waals surface area contributed by atoms with Gasteiger partial charge in [-0.25, -0.2) is 9.59 Å². The summed E-state index contributed by atoms with van der Waals surface area (Å²) in [7, 11) is 0. The number of hydrogen-bond acceptors (Lipinski definition) is 6. The lowest BCUT2D eigenvalue weighted by Gasteiger charge is -2.39. The van der Waals surface area contributed by atoms with Crippen LogP contribution in [0, 0.1) is 0 Å². The van der Waals surface area contributed by atoms with Crippen molar-refractivity contribution in [3.8, 4) is 0 Å². The monoisotopic (exact) mass is 436 g/mol. The smallest absolute Gasteiger partial charge is 0.321 e. The number of nitrogens with one attached hydrogen (secondary N) is 4. The third kappa shape index (κ3) is 7.77. The van der Waals surface area contributed by atoms with Gasteiger partial charge in [-0.15, -0.1) is 0 Å². The number of amides is 6. The molecule has 0 radical (unpaired) electrons. The maximum atomic E-state index is 12.2. The number of carbonyl (C=O) groups excluding carboxylic acids is 4. The molecule has 3 aliphatic rings. The molecule has 6 amide bonds. The molecule has 0 aromatic rings. The predicted molar refractivity (Wildman–Crippen MR) is 115 cm³/mol. The minimum absolute atomic E-state index is 0.0532. The van der Waals surface area contributed by atoms with Crippen molar-refractivity contribution >= 4 is 23.9 Å². The number of rotatable bonds is 6. The van der Waals surface area contributed by atoms with Crippen LogP contribution in [0.3, 0.4) is 0 Å². The second-order valence-electron chi connectivity index (χ2n) is 9.06. The second-order valence-corrected chi connectivity index (χ2v) is 9.06. The first kappa shape index (κ1) is 23.5. The molecule has 10 nitrogen and oxygen atoms in total. The highest BCUT2D eigenvalue weighted by atomic mass is 16.2. The summed E-state index contributed by atoms with van der Waals surface area (Å²) in [4.78, 5) is 52.3. The topological polar surface area (TPSA) is 123 Å².